The molecular weight excluding hydrogens is 540 g/mol. The zero-order chi connectivity index (χ0) is 25.9. The van der Waals surface area contributed by atoms with Crippen LogP contribution in [-0.4, -0.2) is 40.2 Å². The molecule has 37 heavy (non-hydrogen) atoms. The number of halogens is 1. The minimum absolute atomic E-state index is 0.000686. The lowest BCUT2D eigenvalue weighted by Crippen LogP contribution is -2.57. The smallest absolute Gasteiger partial charge is 0.358 e. The minimum atomic E-state index is -0.443. The van der Waals surface area contributed by atoms with Crippen LogP contribution in [0.15, 0.2) is 29.3 Å². The molecule has 4 aliphatic rings. The van der Waals surface area contributed by atoms with Crippen LogP contribution in [0, 0.1) is 34.3 Å². The Morgan fingerprint density at radius 2 is 1.97 bits per heavy atom. The van der Waals surface area contributed by atoms with Gasteiger partial charge in [-0.05, 0) is 90.5 Å². The molecule has 0 saturated heterocycles. The van der Waals surface area contributed by atoms with Gasteiger partial charge in [-0.15, -0.1) is 0 Å². The molecule has 4 bridgehead atoms. The number of nitrogens with one attached hydrogen (secondary N) is 1. The van der Waals surface area contributed by atoms with Crippen molar-refractivity contribution in [2.75, 3.05) is 5.32 Å². The van der Waals surface area contributed by atoms with Crippen molar-refractivity contribution in [3.8, 4) is 0 Å². The van der Waals surface area contributed by atoms with Crippen LogP contribution in [-0.2, 0) is 23.4 Å². The fourth-order valence-electron chi connectivity index (χ4n) is 7.78. The van der Waals surface area contributed by atoms with Crippen LogP contribution in [0.5, 0.6) is 0 Å². The second-order valence-corrected chi connectivity index (χ2v) is 12.3. The Labute approximate surface area is 222 Å². The van der Waals surface area contributed by atoms with E-state index in [-0.39, 0.29) is 22.7 Å². The van der Waals surface area contributed by atoms with Gasteiger partial charge in [-0.25, -0.2) is 0 Å². The number of hydrogen-bond donors (Lipinski definition) is 1. The molecule has 0 radical (unpaired) electrons. The minimum Gasteiger partial charge on any atom is -0.358 e. The third-order valence-electron chi connectivity index (χ3n) is 8.75. The molecule has 4 fully saturated rings. The largest absolute Gasteiger partial charge is 0.404 e. The number of amides is 1. The molecule has 4 saturated carbocycles. The summed E-state index contributed by atoms with van der Waals surface area (Å²) in [5.41, 5.74) is 2.55. The van der Waals surface area contributed by atoms with Gasteiger partial charge in [-0.3, -0.25) is 14.2 Å². The highest BCUT2D eigenvalue weighted by molar-refractivity contribution is 9.10. The van der Waals surface area contributed by atoms with Crippen LogP contribution in [0.25, 0.3) is 0 Å². The molecule has 1 amide bonds. The maximum atomic E-state index is 13.3. The normalized spacial score (nSPS) is 28.1. The molecule has 11 nitrogen and oxygen atoms in total. The molecule has 12 heteroatoms. The van der Waals surface area contributed by atoms with Crippen molar-refractivity contribution in [2.45, 2.75) is 77.4 Å². The van der Waals surface area contributed by atoms with Crippen LogP contribution < -0.4 is 5.32 Å². The van der Waals surface area contributed by atoms with Gasteiger partial charge in [0.1, 0.15) is 4.47 Å². The maximum Gasteiger partial charge on any atom is 0.404 e. The highest BCUT2D eigenvalue weighted by atomic mass is 79.9. The van der Waals surface area contributed by atoms with Gasteiger partial charge in [0.2, 0.25) is 5.91 Å². The topological polar surface area (TPSA) is 126 Å². The van der Waals surface area contributed by atoms with Gasteiger partial charge in [0, 0.05) is 30.4 Å². The quantitative estimate of drug-likeness (QED) is 0.310. The maximum absolute atomic E-state index is 13.3. The second-order valence-electron chi connectivity index (χ2n) is 11.4. The molecule has 0 spiro atoms. The summed E-state index contributed by atoms with van der Waals surface area (Å²) >= 11 is 3.32. The first-order valence-corrected chi connectivity index (χ1v) is 13.7. The van der Waals surface area contributed by atoms with E-state index in [1.165, 1.54) is 6.42 Å². The number of hydrogen-bond acceptors (Lipinski definition) is 6. The van der Waals surface area contributed by atoms with Crippen LogP contribution in [0.1, 0.15) is 63.1 Å². The Hall–Kier alpha value is -3.02. The van der Waals surface area contributed by atoms with E-state index in [4.69, 9.17) is 0 Å². The van der Waals surface area contributed by atoms with Gasteiger partial charge < -0.3 is 15.4 Å². The number of nitro groups is 1. The monoisotopic (exact) mass is 570 g/mol. The first-order chi connectivity index (χ1) is 17.7. The number of carbonyl (C=O) groups excluding carboxylic acids is 1. The summed E-state index contributed by atoms with van der Waals surface area (Å²) in [6.07, 6.45) is 13.6. The lowest BCUT2D eigenvalue weighted by molar-refractivity contribution is -0.390. The summed E-state index contributed by atoms with van der Waals surface area (Å²) in [5.74, 6) is 0.897. The average Bonchev–Trinajstić information content (AvgIpc) is 3.52. The first-order valence-electron chi connectivity index (χ1n) is 12.9. The van der Waals surface area contributed by atoms with Crippen molar-refractivity contribution in [1.29, 1.82) is 0 Å². The summed E-state index contributed by atoms with van der Waals surface area (Å²) < 4.78 is 6.03. The highest BCUT2D eigenvalue weighted by Gasteiger charge is 2.60. The Kier molecular flexibility index (Phi) is 5.77. The van der Waals surface area contributed by atoms with Crippen molar-refractivity contribution in [3.05, 3.63) is 50.6 Å². The Bertz CT molecular complexity index is 1360. The number of carbonyl (C=O) groups is 1. The third-order valence-corrected chi connectivity index (χ3v) is 9.31. The molecule has 7 rings (SSSR count). The van der Waals surface area contributed by atoms with Gasteiger partial charge in [-0.2, -0.15) is 14.9 Å². The van der Waals surface area contributed by atoms with Gasteiger partial charge in [0.25, 0.3) is 0 Å². The summed E-state index contributed by atoms with van der Waals surface area (Å²) in [7, 11) is 0. The van der Waals surface area contributed by atoms with E-state index >= 15 is 0 Å². The van der Waals surface area contributed by atoms with Gasteiger partial charge in [0.05, 0.1) is 41.5 Å². The predicted octanol–water partition coefficient (Wildman–Crippen LogP) is 4.65. The van der Waals surface area contributed by atoms with E-state index in [1.54, 1.807) is 12.4 Å². The van der Waals surface area contributed by atoms with Crippen molar-refractivity contribution >= 4 is 33.3 Å². The number of rotatable bonds is 8. The molecular formula is C25H31BrN8O3. The Balaban J connectivity index is 1.16. The number of nitrogens with zero attached hydrogens (tertiary/aromatic N) is 7. The molecule has 2 atom stereocenters. The van der Waals surface area contributed by atoms with E-state index in [0.717, 1.165) is 49.9 Å². The zero-order valence-corrected chi connectivity index (χ0v) is 22.6. The van der Waals surface area contributed by atoms with E-state index < -0.39 is 4.92 Å². The number of aryl methyl sites for hydroxylation is 1. The number of aromatic nitrogens is 6. The van der Waals surface area contributed by atoms with Gasteiger partial charge >= 0.3 is 5.82 Å². The molecule has 0 aliphatic heterocycles. The first kappa shape index (κ1) is 24.3. The molecule has 196 valence electrons. The fraction of sp³-hybridized carbons (Fsp3) is 0.600. The third kappa shape index (κ3) is 4.28. The zero-order valence-electron chi connectivity index (χ0n) is 21.1. The Morgan fingerprint density at radius 3 is 2.62 bits per heavy atom. The van der Waals surface area contributed by atoms with Crippen molar-refractivity contribution in [1.82, 2.24) is 29.3 Å². The van der Waals surface area contributed by atoms with Gasteiger partial charge in [0.15, 0.2) is 0 Å². The van der Waals surface area contributed by atoms with Crippen LogP contribution in [0.4, 0.5) is 11.5 Å². The summed E-state index contributed by atoms with van der Waals surface area (Å²) in [6, 6.07) is 0. The molecule has 1 N–H and O–H groups in total. The van der Waals surface area contributed by atoms with E-state index in [9.17, 15) is 14.9 Å². The average molecular weight is 571 g/mol. The molecule has 3 aromatic heterocycles. The Morgan fingerprint density at radius 1 is 1.22 bits per heavy atom. The molecule has 3 heterocycles. The van der Waals surface area contributed by atoms with Crippen molar-refractivity contribution < 1.29 is 9.72 Å². The van der Waals surface area contributed by atoms with E-state index in [0.29, 0.717) is 35.0 Å². The summed E-state index contributed by atoms with van der Waals surface area (Å²) in [5, 5.41) is 27.7. The van der Waals surface area contributed by atoms with E-state index in [2.05, 4.69) is 50.4 Å². The lowest BCUT2D eigenvalue weighted by atomic mass is 9.46. The van der Waals surface area contributed by atoms with Crippen LogP contribution >= 0.6 is 15.9 Å². The SMILES string of the molecule is CCn1ncc(Cn2cc(NC(=O)CC34CC5CC(C3)CC(n3cc(Br)c([N+](=O)[O-])n3)(C5)C4)cn2)c1C. The molecule has 2 unspecified atom stereocenters. The molecule has 0 aromatic carbocycles. The summed E-state index contributed by atoms with van der Waals surface area (Å²) in [6.45, 7) is 5.54. The highest BCUT2D eigenvalue weighted by Crippen LogP contribution is 2.65. The van der Waals surface area contributed by atoms with Gasteiger partial charge in [-0.1, -0.05) is 0 Å². The van der Waals surface area contributed by atoms with Crippen molar-refractivity contribution in [3.63, 3.8) is 0 Å². The standard InChI is InChI=1S/C25H31BrN8O3/c1-3-32-16(2)19(10-28-32)12-31-13-20(11-27-31)29-22(35)9-24-5-17-4-18(6-24)8-25(7-17,15-24)33-14-21(26)23(30-33)34(36)37/h10-11,13-14,17-18H,3-9,12,15H2,1-2H3,(H,29,35). The lowest BCUT2D eigenvalue weighted by Gasteiger charge is -2.61. The van der Waals surface area contributed by atoms with E-state index in [1.807, 2.05) is 26.4 Å². The predicted molar refractivity (Wildman–Crippen MR) is 139 cm³/mol. The van der Waals surface area contributed by atoms with Crippen LogP contribution in [0.2, 0.25) is 0 Å². The number of anilines is 1. The summed E-state index contributed by atoms with van der Waals surface area (Å²) in [4.78, 5) is 24.2. The van der Waals surface area contributed by atoms with Crippen molar-refractivity contribution in [2.24, 2.45) is 17.3 Å². The second kappa shape index (κ2) is 8.78. The molecule has 3 aromatic rings. The molecule has 4 aliphatic carbocycles. The fourth-order valence-corrected chi connectivity index (χ4v) is 8.20. The van der Waals surface area contributed by atoms with Crippen LogP contribution in [0.3, 0.4) is 0 Å².